The summed E-state index contributed by atoms with van der Waals surface area (Å²) in [6, 6.07) is -1.25. The Morgan fingerprint density at radius 1 is 0.973 bits per heavy atom. The molecule has 0 aliphatic heterocycles. The number of carbonyl (C=O) groups is 3. The molecule has 0 heterocycles. The monoisotopic (exact) mass is 557 g/mol. The molecule has 1 amide bonds. The summed E-state index contributed by atoms with van der Waals surface area (Å²) in [5.74, 6) is 3.33. The van der Waals surface area contributed by atoms with Gasteiger partial charge in [-0.2, -0.15) is 4.91 Å². The number of esters is 2. The van der Waals surface area contributed by atoms with Gasteiger partial charge in [0, 0.05) is 14.2 Å². The van der Waals surface area contributed by atoms with E-state index in [-0.39, 0.29) is 31.4 Å². The smallest absolute Gasteiger partial charge is 0.408 e. The molecule has 0 rings (SSSR count). The molecule has 18 heteroatoms. The third kappa shape index (κ3) is 32.8. The first-order chi connectivity index (χ1) is 17.1. The number of azide groups is 1. The van der Waals surface area contributed by atoms with Gasteiger partial charge in [-0.1, -0.05) is 0 Å². The number of carbonyl (C=O) groups excluding carboxylic acids is 3. The number of nitrogens with zero attached hydrogens (tertiary/aromatic N) is 5. The Bertz CT molecular complexity index is 712. The van der Waals surface area contributed by atoms with Crippen LogP contribution in [0, 0.1) is 5.53 Å². The molecule has 4 atom stereocenters. The normalized spacial score (nSPS) is 12.7. The lowest BCUT2D eigenvalue weighted by Crippen LogP contribution is -2.42. The molecule has 0 spiro atoms. The summed E-state index contributed by atoms with van der Waals surface area (Å²) >= 11 is 5.21. The lowest BCUT2D eigenvalue weighted by molar-refractivity contribution is -0.149. The summed E-state index contributed by atoms with van der Waals surface area (Å²) in [7, 11) is 3.09. The maximum Gasteiger partial charge on any atom is 0.408 e. The highest BCUT2D eigenvalue weighted by Gasteiger charge is 2.22. The summed E-state index contributed by atoms with van der Waals surface area (Å²) in [6.45, 7) is 12.4. The maximum atomic E-state index is 11.5. The van der Waals surface area contributed by atoms with Crippen LogP contribution >= 0.6 is 11.8 Å². The quantitative estimate of drug-likeness (QED) is 0.0445. The molecule has 216 valence electrons. The number of nitrogens with one attached hydrogen (secondary N) is 3. The van der Waals surface area contributed by atoms with Crippen LogP contribution in [-0.4, -0.2) is 75.4 Å². The van der Waals surface area contributed by atoms with E-state index in [1.807, 2.05) is 6.92 Å². The molecule has 0 aromatic heterocycles. The van der Waals surface area contributed by atoms with Crippen molar-refractivity contribution in [2.75, 3.05) is 27.4 Å². The number of rotatable bonds is 10. The van der Waals surface area contributed by atoms with Gasteiger partial charge in [0.2, 0.25) is 0 Å². The van der Waals surface area contributed by atoms with Gasteiger partial charge in [0.25, 0.3) is 0 Å². The van der Waals surface area contributed by atoms with Crippen LogP contribution in [0.4, 0.5) is 4.79 Å². The van der Waals surface area contributed by atoms with Crippen LogP contribution in [0.2, 0.25) is 0 Å². The summed E-state index contributed by atoms with van der Waals surface area (Å²) in [6.07, 6.45) is -0.911. The van der Waals surface area contributed by atoms with Crippen LogP contribution in [0.3, 0.4) is 0 Å². The van der Waals surface area contributed by atoms with Crippen molar-refractivity contribution in [1.29, 1.82) is 5.53 Å². The molecule has 0 saturated carbocycles. The van der Waals surface area contributed by atoms with Gasteiger partial charge < -0.3 is 29.0 Å². The van der Waals surface area contributed by atoms with E-state index in [0.29, 0.717) is 0 Å². The molecule has 5 N–H and O–H groups in total. The summed E-state index contributed by atoms with van der Waals surface area (Å²) in [5, 5.41) is 4.82. The number of halogens is 1. The molecule has 0 aromatic rings. The first-order valence-corrected chi connectivity index (χ1v) is 11.0. The molecule has 17 nitrogen and oxygen atoms in total. The van der Waals surface area contributed by atoms with Crippen LogP contribution < -0.4 is 16.0 Å². The Balaban J connectivity index is -0.000000245. The van der Waals surface area contributed by atoms with Crippen LogP contribution in [0.1, 0.15) is 48.5 Å². The van der Waals surface area contributed by atoms with Crippen molar-refractivity contribution in [1.82, 2.24) is 10.2 Å². The Morgan fingerprint density at radius 2 is 1.32 bits per heavy atom. The van der Waals surface area contributed by atoms with Crippen LogP contribution in [0.5, 0.6) is 0 Å². The van der Waals surface area contributed by atoms with Crippen LogP contribution in [0.15, 0.2) is 5.22 Å². The van der Waals surface area contributed by atoms with Crippen molar-refractivity contribution in [3.8, 4) is 0 Å². The van der Waals surface area contributed by atoms with Gasteiger partial charge in [0.1, 0.15) is 30.9 Å². The van der Waals surface area contributed by atoms with Crippen molar-refractivity contribution in [2.24, 2.45) is 11.1 Å². The van der Waals surface area contributed by atoms with Gasteiger partial charge in [-0.25, -0.2) is 14.4 Å². The second kappa shape index (κ2) is 25.9. The predicted molar refractivity (Wildman–Crippen MR) is 135 cm³/mol. The molecule has 0 aromatic carbocycles. The largest absolute Gasteiger partial charge is 0.462 e. The van der Waals surface area contributed by atoms with Crippen LogP contribution in [-0.2, 0) is 33.3 Å². The predicted octanol–water partition coefficient (Wildman–Crippen LogP) is 3.22. The van der Waals surface area contributed by atoms with Crippen molar-refractivity contribution in [2.45, 2.75) is 78.4 Å². The number of ether oxygens (including phenoxy) is 5. The fourth-order valence-corrected chi connectivity index (χ4v) is 1.46. The molecule has 0 fully saturated rings. The Morgan fingerprint density at radius 3 is 1.59 bits per heavy atom. The number of nitrogens with two attached hydrogens (primary N) is 1. The average Bonchev–Trinajstić information content (AvgIpc) is 2.84. The molecule has 0 saturated heterocycles. The standard InChI is InChI=1S/C12H23NO5.C7H14ClNO3.H2N4.HN3/c1-8(16-6)7-17-10(14)9(2)13-11(15)18-12(3,4)5;1-5(11-3)4-12-7(10)6(2)9-8;1-3-4-2;1-3-2/h8-9H,7H2,1-6H3,(H,13,15);5-6,9H,4H2,1-3H3;1H2;1H/t8-,9+;5-,6+;;/m11../s1. The fourth-order valence-electron chi connectivity index (χ4n) is 1.37. The first kappa shape index (κ1) is 40.9. The molecule has 0 aliphatic rings. The molecule has 0 aliphatic carbocycles. The highest BCUT2D eigenvalue weighted by atomic mass is 35.5. The SMILES string of the molecule is CO[C@H](C)COC(=O)[C@H](C)NC(=O)OC(C)(C)C.CO[C@H](C)COC(=O)[C@H](C)NCl.[N-]=[N+]=N.[N-]=[N+]=NN. The fraction of sp³-hybridized carbons (Fsp3) is 0.842. The van der Waals surface area contributed by atoms with Crippen molar-refractivity contribution in [3.05, 3.63) is 20.9 Å². The van der Waals surface area contributed by atoms with Crippen LogP contribution in [0.25, 0.3) is 20.9 Å². The molecule has 0 unspecified atom stereocenters. The number of alkyl carbamates (subject to hydrolysis) is 1. The molecular weight excluding hydrogens is 518 g/mol. The Kier molecular flexibility index (Phi) is 28.6. The van der Waals surface area contributed by atoms with Gasteiger partial charge in [-0.05, 0) is 75.9 Å². The number of hydrogen-bond donors (Lipinski definition) is 4. The number of hydrogen-bond acceptors (Lipinski definition) is 11. The second-order valence-corrected chi connectivity index (χ2v) is 8.07. The van der Waals surface area contributed by atoms with Crippen molar-refractivity contribution >= 4 is 29.8 Å². The van der Waals surface area contributed by atoms with Gasteiger partial charge >= 0.3 is 18.0 Å². The van der Waals surface area contributed by atoms with Crippen molar-refractivity contribution in [3.63, 3.8) is 0 Å². The molecular formula is C19H40ClN9O8. The topological polar surface area (TPSA) is 256 Å². The molecule has 0 radical (unpaired) electrons. The third-order valence-electron chi connectivity index (χ3n) is 3.38. The minimum absolute atomic E-state index is 0.0866. The van der Waals surface area contributed by atoms with E-state index in [1.165, 1.54) is 14.0 Å². The molecule has 0 bridgehead atoms. The minimum Gasteiger partial charge on any atom is -0.462 e. The summed E-state index contributed by atoms with van der Waals surface area (Å²) < 4.78 is 24.6. The lowest BCUT2D eigenvalue weighted by Gasteiger charge is -2.21. The highest BCUT2D eigenvalue weighted by molar-refractivity contribution is 6.14. The summed E-state index contributed by atoms with van der Waals surface area (Å²) in [5.41, 5.74) is 18.9. The van der Waals surface area contributed by atoms with E-state index in [2.05, 4.69) is 26.1 Å². The highest BCUT2D eigenvalue weighted by Crippen LogP contribution is 2.07. The second-order valence-electron chi connectivity index (χ2n) is 7.86. The van der Waals surface area contributed by atoms with Gasteiger partial charge in [0.15, 0.2) is 0 Å². The van der Waals surface area contributed by atoms with E-state index in [1.54, 1.807) is 46.6 Å². The zero-order valence-corrected chi connectivity index (χ0v) is 23.4. The van der Waals surface area contributed by atoms with E-state index < -0.39 is 29.7 Å². The van der Waals surface area contributed by atoms with E-state index >= 15 is 0 Å². The van der Waals surface area contributed by atoms with Gasteiger partial charge in [-0.3, -0.25) is 10.6 Å². The van der Waals surface area contributed by atoms with Crippen molar-refractivity contribution < 1.29 is 38.1 Å². The van der Waals surface area contributed by atoms with Gasteiger partial charge in [0.05, 0.1) is 12.2 Å². The average molecular weight is 558 g/mol. The first-order valence-electron chi connectivity index (χ1n) is 10.6. The minimum atomic E-state index is -0.760. The summed E-state index contributed by atoms with van der Waals surface area (Å²) in [4.78, 5) is 40.0. The Hall–Kier alpha value is -3.20. The Labute approximate surface area is 221 Å². The molecule has 37 heavy (non-hydrogen) atoms. The number of amides is 1. The maximum absolute atomic E-state index is 11.5. The zero-order chi connectivity index (χ0) is 30.0. The third-order valence-corrected chi connectivity index (χ3v) is 3.71. The van der Waals surface area contributed by atoms with E-state index in [0.717, 1.165) is 0 Å². The van der Waals surface area contributed by atoms with Gasteiger partial charge in [-0.15, -0.1) is 11.1 Å². The van der Waals surface area contributed by atoms with E-state index in [9.17, 15) is 14.4 Å². The lowest BCUT2D eigenvalue weighted by atomic mass is 10.2. The zero-order valence-electron chi connectivity index (χ0n) is 22.7. The van der Waals surface area contributed by atoms with E-state index in [4.69, 9.17) is 52.1 Å². The number of methoxy groups -OCH3 is 2.